The maximum absolute atomic E-state index is 14.2. The summed E-state index contributed by atoms with van der Waals surface area (Å²) in [7, 11) is 0. The van der Waals surface area contributed by atoms with Gasteiger partial charge in [0.05, 0.1) is 17.1 Å². The van der Waals surface area contributed by atoms with Crippen LogP contribution in [-0.4, -0.2) is 21.0 Å². The molecule has 150 valence electrons. The van der Waals surface area contributed by atoms with E-state index in [0.29, 0.717) is 16.9 Å². The van der Waals surface area contributed by atoms with Crippen LogP contribution in [-0.2, 0) is 4.79 Å². The van der Waals surface area contributed by atoms with Crippen LogP contribution in [0.1, 0.15) is 18.3 Å². The minimum atomic E-state index is -0.849. The third kappa shape index (κ3) is 3.90. The highest BCUT2D eigenvalue weighted by atomic mass is 32.1. The van der Waals surface area contributed by atoms with Crippen LogP contribution in [0.15, 0.2) is 53.9 Å². The lowest BCUT2D eigenvalue weighted by Gasteiger charge is -2.18. The maximum Gasteiger partial charge on any atom is 0.230 e. The molecule has 0 fully saturated rings. The van der Waals surface area contributed by atoms with Gasteiger partial charge in [0.1, 0.15) is 22.9 Å². The molecule has 0 unspecified atom stereocenters. The molecule has 30 heavy (non-hydrogen) atoms. The minimum Gasteiger partial charge on any atom is -0.506 e. The van der Waals surface area contributed by atoms with Gasteiger partial charge in [-0.05, 0) is 36.4 Å². The number of phenols is 1. The molecule has 5 nitrogen and oxygen atoms in total. The Kier molecular flexibility index (Phi) is 5.24. The number of hydrogen-bond donors (Lipinski definition) is 1. The van der Waals surface area contributed by atoms with Crippen LogP contribution in [0.25, 0.3) is 23.1 Å². The molecule has 4 rings (SSSR count). The van der Waals surface area contributed by atoms with Crippen molar-refractivity contribution in [2.45, 2.75) is 6.92 Å². The van der Waals surface area contributed by atoms with Crippen LogP contribution in [0.3, 0.4) is 0 Å². The summed E-state index contributed by atoms with van der Waals surface area (Å²) in [4.78, 5) is 22.0. The normalized spacial score (nSPS) is 11.3. The zero-order valence-corrected chi connectivity index (χ0v) is 16.5. The van der Waals surface area contributed by atoms with Gasteiger partial charge >= 0.3 is 0 Å². The van der Waals surface area contributed by atoms with Gasteiger partial charge in [-0.3, -0.25) is 9.69 Å². The predicted octanol–water partition coefficient (Wildman–Crippen LogP) is 5.53. The molecule has 8 heteroatoms. The van der Waals surface area contributed by atoms with Gasteiger partial charge < -0.3 is 5.11 Å². The maximum atomic E-state index is 14.2. The second-order valence-corrected chi connectivity index (χ2v) is 7.26. The topological polar surface area (TPSA) is 66.3 Å². The van der Waals surface area contributed by atoms with Crippen molar-refractivity contribution >= 4 is 51.1 Å². The first-order chi connectivity index (χ1) is 14.4. The number of pyridine rings is 1. The zero-order valence-electron chi connectivity index (χ0n) is 15.7. The third-order valence-electron chi connectivity index (χ3n) is 4.31. The molecule has 0 aliphatic rings. The Morgan fingerprint density at radius 3 is 2.63 bits per heavy atom. The van der Waals surface area contributed by atoms with Crippen LogP contribution >= 0.6 is 11.3 Å². The Bertz CT molecular complexity index is 1290. The smallest absolute Gasteiger partial charge is 0.230 e. The summed E-state index contributed by atoms with van der Waals surface area (Å²) in [5.74, 6) is -1.93. The monoisotopic (exact) mass is 423 g/mol. The van der Waals surface area contributed by atoms with Gasteiger partial charge in [0.25, 0.3) is 0 Å². The molecule has 1 amide bonds. The van der Waals surface area contributed by atoms with Gasteiger partial charge in [-0.1, -0.05) is 18.2 Å². The average Bonchev–Trinajstić information content (AvgIpc) is 3.17. The van der Waals surface area contributed by atoms with E-state index in [1.54, 1.807) is 35.7 Å². The van der Waals surface area contributed by atoms with E-state index in [9.17, 15) is 18.7 Å². The molecule has 0 aliphatic heterocycles. The molecule has 0 spiro atoms. The van der Waals surface area contributed by atoms with Crippen LogP contribution in [0, 0.1) is 11.6 Å². The van der Waals surface area contributed by atoms with Crippen molar-refractivity contribution in [1.82, 2.24) is 9.97 Å². The third-order valence-corrected chi connectivity index (χ3v) is 5.16. The highest BCUT2D eigenvalue weighted by Gasteiger charge is 2.21. The van der Waals surface area contributed by atoms with E-state index in [-0.39, 0.29) is 16.6 Å². The number of aromatic hydroxyl groups is 1. The first kappa shape index (κ1) is 19.7. The van der Waals surface area contributed by atoms with E-state index in [2.05, 4.69) is 9.97 Å². The number of benzene rings is 2. The lowest BCUT2D eigenvalue weighted by molar-refractivity contribution is -0.115. The van der Waals surface area contributed by atoms with E-state index in [1.807, 2.05) is 12.1 Å². The summed E-state index contributed by atoms with van der Waals surface area (Å²) < 4.78 is 27.4. The number of thiazole rings is 1. The summed E-state index contributed by atoms with van der Waals surface area (Å²) in [5.41, 5.74) is 1.59. The van der Waals surface area contributed by atoms with Crippen molar-refractivity contribution in [1.29, 1.82) is 0 Å². The molecule has 2 heterocycles. The number of hydrogen-bond acceptors (Lipinski definition) is 5. The summed E-state index contributed by atoms with van der Waals surface area (Å²) in [5, 5.41) is 12.7. The highest BCUT2D eigenvalue weighted by Crippen LogP contribution is 2.31. The number of para-hydroxylation sites is 1. The van der Waals surface area contributed by atoms with Crippen molar-refractivity contribution in [3.63, 3.8) is 0 Å². The summed E-state index contributed by atoms with van der Waals surface area (Å²) >= 11 is 1.16. The van der Waals surface area contributed by atoms with Crippen molar-refractivity contribution in [3.8, 4) is 5.75 Å². The number of aromatic nitrogens is 2. The molecular formula is C22H15F2N3O2S. The van der Waals surface area contributed by atoms with Gasteiger partial charge in [0.15, 0.2) is 5.13 Å². The van der Waals surface area contributed by atoms with E-state index >= 15 is 0 Å². The Balaban J connectivity index is 1.63. The quantitative estimate of drug-likeness (QED) is 0.469. The van der Waals surface area contributed by atoms with Crippen LogP contribution in [0.5, 0.6) is 5.75 Å². The standard InChI is InChI=1S/C22H15F2N3O2S/c1-13(28)27(19-10-6-15(23)11-18(19)24)22-26-17(12-30-22)9-8-16-7-5-14-3-2-4-20(29)21(14)25-16/h2-12,29H,1H3/b9-8+. The fraction of sp³-hybridized carbons (Fsp3) is 0.0455. The van der Waals surface area contributed by atoms with Crippen molar-refractivity contribution in [2.24, 2.45) is 0 Å². The molecule has 0 atom stereocenters. The van der Waals surface area contributed by atoms with Gasteiger partial charge in [-0.15, -0.1) is 11.3 Å². The number of phenolic OH excluding ortho intramolecular Hbond substituents is 1. The predicted molar refractivity (Wildman–Crippen MR) is 114 cm³/mol. The number of amides is 1. The molecule has 4 aromatic rings. The highest BCUT2D eigenvalue weighted by molar-refractivity contribution is 7.14. The Hall–Kier alpha value is -3.65. The van der Waals surface area contributed by atoms with Crippen LogP contribution in [0.4, 0.5) is 19.6 Å². The molecular weight excluding hydrogens is 408 g/mol. The molecule has 0 aliphatic carbocycles. The Labute approximate surface area is 174 Å². The van der Waals surface area contributed by atoms with E-state index in [0.717, 1.165) is 33.8 Å². The Morgan fingerprint density at radius 1 is 1.07 bits per heavy atom. The second kappa shape index (κ2) is 8.00. The number of carbonyl (C=O) groups excluding carboxylic acids is 1. The SMILES string of the molecule is CC(=O)N(c1nc(/C=C/c2ccc3cccc(O)c3n2)cs1)c1ccc(F)cc1F. The van der Waals surface area contributed by atoms with Gasteiger partial charge in [-0.2, -0.15) is 0 Å². The fourth-order valence-corrected chi connectivity index (χ4v) is 3.78. The molecule has 2 aromatic heterocycles. The molecule has 0 saturated heterocycles. The van der Waals surface area contributed by atoms with Crippen molar-refractivity contribution in [2.75, 3.05) is 4.90 Å². The van der Waals surface area contributed by atoms with Crippen LogP contribution in [0.2, 0.25) is 0 Å². The Morgan fingerprint density at radius 2 is 1.87 bits per heavy atom. The molecule has 2 aromatic carbocycles. The second-order valence-electron chi connectivity index (χ2n) is 6.42. The molecule has 0 saturated carbocycles. The number of anilines is 2. The summed E-state index contributed by atoms with van der Waals surface area (Å²) in [6.07, 6.45) is 3.43. The van der Waals surface area contributed by atoms with E-state index < -0.39 is 17.5 Å². The largest absolute Gasteiger partial charge is 0.506 e. The van der Waals surface area contributed by atoms with E-state index in [4.69, 9.17) is 0 Å². The zero-order chi connectivity index (χ0) is 21.3. The molecule has 1 N–H and O–H groups in total. The van der Waals surface area contributed by atoms with Crippen molar-refractivity contribution < 1.29 is 18.7 Å². The number of fused-ring (bicyclic) bond motifs is 1. The fourth-order valence-electron chi connectivity index (χ4n) is 2.94. The lowest BCUT2D eigenvalue weighted by Crippen LogP contribution is -2.23. The number of halogens is 2. The van der Waals surface area contributed by atoms with Gasteiger partial charge in [-0.25, -0.2) is 18.7 Å². The van der Waals surface area contributed by atoms with Gasteiger partial charge in [0.2, 0.25) is 5.91 Å². The summed E-state index contributed by atoms with van der Waals surface area (Å²) in [6.45, 7) is 1.28. The first-order valence-electron chi connectivity index (χ1n) is 8.90. The first-order valence-corrected chi connectivity index (χ1v) is 9.78. The van der Waals surface area contributed by atoms with Crippen molar-refractivity contribution in [3.05, 3.63) is 76.9 Å². The number of carbonyl (C=O) groups is 1. The van der Waals surface area contributed by atoms with E-state index in [1.165, 1.54) is 13.0 Å². The minimum absolute atomic E-state index is 0.0690. The number of nitrogens with zero attached hydrogens (tertiary/aromatic N) is 3. The van der Waals surface area contributed by atoms with Crippen LogP contribution < -0.4 is 4.90 Å². The number of rotatable bonds is 4. The molecule has 0 bridgehead atoms. The van der Waals surface area contributed by atoms with Gasteiger partial charge in [0, 0.05) is 23.8 Å². The average molecular weight is 423 g/mol. The lowest BCUT2D eigenvalue weighted by atomic mass is 10.2. The summed E-state index contributed by atoms with van der Waals surface area (Å²) in [6, 6.07) is 11.8. The molecule has 0 radical (unpaired) electrons.